The predicted octanol–water partition coefficient (Wildman–Crippen LogP) is 2.45. The summed E-state index contributed by atoms with van der Waals surface area (Å²) >= 11 is 6.05. The van der Waals surface area contributed by atoms with Gasteiger partial charge in [0.25, 0.3) is 5.56 Å². The van der Waals surface area contributed by atoms with Crippen LogP contribution in [0.25, 0.3) is 10.9 Å². The highest BCUT2D eigenvalue weighted by atomic mass is 35.5. The molecule has 0 bridgehead atoms. The lowest BCUT2D eigenvalue weighted by Gasteiger charge is -2.07. The lowest BCUT2D eigenvalue weighted by Crippen LogP contribution is -2.21. The van der Waals surface area contributed by atoms with Gasteiger partial charge < -0.3 is 0 Å². The van der Waals surface area contributed by atoms with Gasteiger partial charge in [0.05, 0.1) is 29.5 Å². The van der Waals surface area contributed by atoms with E-state index in [4.69, 9.17) is 11.6 Å². The van der Waals surface area contributed by atoms with Crippen LogP contribution in [0.2, 0.25) is 5.02 Å². The molecule has 0 spiro atoms. The van der Waals surface area contributed by atoms with Crippen molar-refractivity contribution in [3.63, 3.8) is 0 Å². The van der Waals surface area contributed by atoms with Crippen LogP contribution in [0.3, 0.4) is 0 Å². The van der Waals surface area contributed by atoms with Crippen LogP contribution in [0, 0.1) is 13.8 Å². The van der Waals surface area contributed by atoms with Crippen molar-refractivity contribution in [3.05, 3.63) is 56.9 Å². The van der Waals surface area contributed by atoms with Crippen LogP contribution in [0.15, 0.2) is 29.5 Å². The van der Waals surface area contributed by atoms with Gasteiger partial charge in [-0.15, -0.1) is 0 Å². The molecule has 108 valence electrons. The maximum Gasteiger partial charge on any atom is 0.261 e. The monoisotopic (exact) mass is 302 g/mol. The Labute approximate surface area is 126 Å². The van der Waals surface area contributed by atoms with Crippen LogP contribution in [0.5, 0.6) is 0 Å². The van der Waals surface area contributed by atoms with Gasteiger partial charge in [-0.25, -0.2) is 4.98 Å². The van der Waals surface area contributed by atoms with Crippen LogP contribution >= 0.6 is 11.6 Å². The van der Waals surface area contributed by atoms with Crippen molar-refractivity contribution in [2.24, 2.45) is 7.05 Å². The summed E-state index contributed by atoms with van der Waals surface area (Å²) in [4.78, 5) is 17.0. The third kappa shape index (κ3) is 2.45. The van der Waals surface area contributed by atoms with E-state index in [2.05, 4.69) is 10.1 Å². The lowest BCUT2D eigenvalue weighted by molar-refractivity contribution is 0.741. The first kappa shape index (κ1) is 13.8. The third-order valence-corrected chi connectivity index (χ3v) is 3.76. The summed E-state index contributed by atoms with van der Waals surface area (Å²) in [6, 6.07) is 3.48. The number of nitrogens with zero attached hydrogens (tertiary/aromatic N) is 4. The van der Waals surface area contributed by atoms with Crippen molar-refractivity contribution in [1.29, 1.82) is 0 Å². The molecule has 0 unspecified atom stereocenters. The number of hydrogen-bond acceptors (Lipinski definition) is 3. The fourth-order valence-electron chi connectivity index (χ4n) is 2.50. The van der Waals surface area contributed by atoms with Gasteiger partial charge in [-0.3, -0.25) is 14.0 Å². The van der Waals surface area contributed by atoms with Crippen molar-refractivity contribution in [3.8, 4) is 0 Å². The number of hydrogen-bond donors (Lipinski definition) is 0. The summed E-state index contributed by atoms with van der Waals surface area (Å²) in [5, 5.41) is 5.38. The Bertz CT molecular complexity index is 895. The van der Waals surface area contributed by atoms with Gasteiger partial charge in [0.15, 0.2) is 0 Å². The second-order valence-electron chi connectivity index (χ2n) is 5.21. The van der Waals surface area contributed by atoms with Gasteiger partial charge >= 0.3 is 0 Å². The second kappa shape index (κ2) is 5.00. The highest BCUT2D eigenvalue weighted by Crippen LogP contribution is 2.19. The summed E-state index contributed by atoms with van der Waals surface area (Å²) in [6.07, 6.45) is 3.49. The van der Waals surface area contributed by atoms with Crippen LogP contribution < -0.4 is 5.56 Å². The highest BCUT2D eigenvalue weighted by Gasteiger charge is 2.10. The van der Waals surface area contributed by atoms with Gasteiger partial charge in [0.1, 0.15) is 0 Å². The molecule has 0 fully saturated rings. The van der Waals surface area contributed by atoms with Crippen LogP contribution in [-0.2, 0) is 13.6 Å². The Hall–Kier alpha value is -2.14. The highest BCUT2D eigenvalue weighted by molar-refractivity contribution is 6.31. The van der Waals surface area contributed by atoms with Gasteiger partial charge in [-0.2, -0.15) is 5.10 Å². The van der Waals surface area contributed by atoms with Crippen molar-refractivity contribution < 1.29 is 0 Å². The van der Waals surface area contributed by atoms with Gasteiger partial charge in [-0.1, -0.05) is 11.6 Å². The Morgan fingerprint density at radius 3 is 2.71 bits per heavy atom. The zero-order valence-electron chi connectivity index (χ0n) is 12.1. The molecule has 0 aliphatic carbocycles. The van der Waals surface area contributed by atoms with E-state index in [-0.39, 0.29) is 5.56 Å². The average Bonchev–Trinajstić information content (AvgIpc) is 2.72. The van der Waals surface area contributed by atoms with Crippen LogP contribution in [0.4, 0.5) is 0 Å². The molecule has 0 radical (unpaired) electrons. The van der Waals surface area contributed by atoms with Gasteiger partial charge in [0.2, 0.25) is 0 Å². The summed E-state index contributed by atoms with van der Waals surface area (Å²) in [7, 11) is 1.86. The Balaban J connectivity index is 2.14. The Kier molecular flexibility index (Phi) is 3.29. The number of aryl methyl sites for hydroxylation is 3. The molecule has 2 heterocycles. The molecule has 3 rings (SSSR count). The fraction of sp³-hybridized carbons (Fsp3) is 0.267. The third-order valence-electron chi connectivity index (χ3n) is 3.54. The number of halogens is 1. The average molecular weight is 303 g/mol. The molecular weight excluding hydrogens is 288 g/mol. The van der Waals surface area contributed by atoms with E-state index < -0.39 is 0 Å². The second-order valence-corrected chi connectivity index (χ2v) is 5.65. The number of fused-ring (bicyclic) bond motifs is 1. The molecule has 5 nitrogen and oxygen atoms in total. The normalized spacial score (nSPS) is 11.2. The molecule has 1 aromatic carbocycles. The molecule has 3 aromatic rings. The summed E-state index contributed by atoms with van der Waals surface area (Å²) in [6.45, 7) is 4.28. The van der Waals surface area contributed by atoms with Crippen LogP contribution in [-0.4, -0.2) is 19.3 Å². The molecule has 0 aliphatic rings. The lowest BCUT2D eigenvalue weighted by atomic mass is 10.1. The Morgan fingerprint density at radius 2 is 2.05 bits per heavy atom. The molecule has 2 aromatic heterocycles. The smallest absolute Gasteiger partial charge is 0.261 e. The van der Waals surface area contributed by atoms with Gasteiger partial charge in [-0.05, 0) is 31.5 Å². The SMILES string of the molecule is Cc1nn(C)cc1Cn1cnc2c(C)cc(Cl)cc2c1=O. The first-order valence-electron chi connectivity index (χ1n) is 6.60. The quantitative estimate of drug-likeness (QED) is 0.730. The standard InChI is InChI=1S/C15H15ClN4O/c1-9-4-12(16)5-13-14(9)17-8-20(15(13)21)7-11-6-19(3)18-10(11)2/h4-6,8H,7H2,1-3H3. The molecule has 0 aliphatic heterocycles. The van der Waals surface area contributed by atoms with Crippen molar-refractivity contribution in [1.82, 2.24) is 19.3 Å². The number of rotatable bonds is 2. The molecule has 21 heavy (non-hydrogen) atoms. The number of benzene rings is 1. The maximum atomic E-state index is 12.6. The molecule has 6 heteroatoms. The molecule has 0 atom stereocenters. The Morgan fingerprint density at radius 1 is 1.29 bits per heavy atom. The number of aromatic nitrogens is 4. The minimum Gasteiger partial charge on any atom is -0.294 e. The topological polar surface area (TPSA) is 52.7 Å². The first-order valence-corrected chi connectivity index (χ1v) is 6.98. The zero-order valence-corrected chi connectivity index (χ0v) is 12.8. The zero-order chi connectivity index (χ0) is 15.1. The largest absolute Gasteiger partial charge is 0.294 e. The first-order chi connectivity index (χ1) is 9.95. The minimum absolute atomic E-state index is 0.0890. The van der Waals surface area contributed by atoms with E-state index >= 15 is 0 Å². The predicted molar refractivity (Wildman–Crippen MR) is 82.8 cm³/mol. The summed E-state index contributed by atoms with van der Waals surface area (Å²) in [5.41, 5.74) is 3.42. The van der Waals surface area contributed by atoms with E-state index in [0.717, 1.165) is 16.8 Å². The molecule has 0 saturated heterocycles. The summed E-state index contributed by atoms with van der Waals surface area (Å²) < 4.78 is 3.33. The van der Waals surface area contributed by atoms with Gasteiger partial charge in [0, 0.05) is 23.8 Å². The van der Waals surface area contributed by atoms with E-state index in [1.165, 1.54) is 0 Å². The van der Waals surface area contributed by atoms with Crippen LogP contribution in [0.1, 0.15) is 16.8 Å². The fourth-order valence-corrected chi connectivity index (χ4v) is 2.78. The van der Waals surface area contributed by atoms with Crippen molar-refractivity contribution >= 4 is 22.5 Å². The molecule has 0 amide bonds. The van der Waals surface area contributed by atoms with Crippen molar-refractivity contribution in [2.45, 2.75) is 20.4 Å². The van der Waals surface area contributed by atoms with E-state index in [9.17, 15) is 4.79 Å². The van der Waals surface area contributed by atoms with E-state index in [1.54, 1.807) is 21.6 Å². The minimum atomic E-state index is -0.0890. The van der Waals surface area contributed by atoms with Crippen molar-refractivity contribution in [2.75, 3.05) is 0 Å². The van der Waals surface area contributed by atoms with E-state index in [0.29, 0.717) is 22.5 Å². The molecule has 0 N–H and O–H groups in total. The maximum absolute atomic E-state index is 12.6. The molecular formula is C15H15ClN4O. The van der Waals surface area contributed by atoms with E-state index in [1.807, 2.05) is 33.2 Å². The summed E-state index contributed by atoms with van der Waals surface area (Å²) in [5.74, 6) is 0. The molecule has 0 saturated carbocycles.